The summed E-state index contributed by atoms with van der Waals surface area (Å²) in [6.45, 7) is 2.29. The predicted octanol–water partition coefficient (Wildman–Crippen LogP) is 5.66. The fraction of sp³-hybridized carbons (Fsp3) is 1.00. The van der Waals surface area contributed by atoms with Crippen molar-refractivity contribution in [1.82, 2.24) is 0 Å². The van der Waals surface area contributed by atoms with Crippen LogP contribution in [0, 0.1) is 5.92 Å². The van der Waals surface area contributed by atoms with Crippen molar-refractivity contribution < 1.29 is 0 Å². The quantitative estimate of drug-likeness (QED) is 0.445. The molecule has 1 saturated heterocycles. The molecule has 1 rings (SSSR count). The molecule has 0 aliphatic carbocycles. The Bertz CT molecular complexity index is 138. The fourth-order valence-corrected chi connectivity index (χ4v) is 3.89. The van der Waals surface area contributed by atoms with Crippen molar-refractivity contribution in [2.45, 2.75) is 77.6 Å². The van der Waals surface area contributed by atoms with Crippen molar-refractivity contribution in [2.24, 2.45) is 5.92 Å². The summed E-state index contributed by atoms with van der Waals surface area (Å²) < 4.78 is 0. The first-order valence-electron chi connectivity index (χ1n) is 7.51. The third-order valence-corrected chi connectivity index (χ3v) is 4.97. The van der Waals surface area contributed by atoms with Gasteiger partial charge >= 0.3 is 0 Å². The van der Waals surface area contributed by atoms with Gasteiger partial charge in [0.2, 0.25) is 0 Å². The molecule has 0 amide bonds. The summed E-state index contributed by atoms with van der Waals surface area (Å²) in [6.07, 6.45) is 16.2. The van der Waals surface area contributed by atoms with E-state index in [1.165, 1.54) is 82.1 Å². The van der Waals surface area contributed by atoms with Crippen molar-refractivity contribution in [2.75, 3.05) is 11.5 Å². The van der Waals surface area contributed by atoms with Gasteiger partial charge in [-0.15, -0.1) is 0 Å². The van der Waals surface area contributed by atoms with Gasteiger partial charge in [0.1, 0.15) is 0 Å². The Hall–Kier alpha value is 0.350. The lowest BCUT2D eigenvalue weighted by molar-refractivity contribution is 0.487. The van der Waals surface area contributed by atoms with E-state index in [9.17, 15) is 0 Å². The normalized spacial score (nSPS) is 20.4. The molecule has 1 heteroatoms. The maximum atomic E-state index is 2.29. The molecule has 0 aromatic carbocycles. The lowest BCUT2D eigenvalue weighted by atomic mass is 9.99. The summed E-state index contributed by atoms with van der Waals surface area (Å²) >= 11 is 2.16. The van der Waals surface area contributed by atoms with Gasteiger partial charge in [-0.1, -0.05) is 64.7 Å². The van der Waals surface area contributed by atoms with E-state index in [2.05, 4.69) is 18.7 Å². The molecule has 1 fully saturated rings. The zero-order valence-corrected chi connectivity index (χ0v) is 12.0. The molecule has 0 aromatic rings. The third-order valence-electron chi connectivity index (χ3n) is 3.74. The van der Waals surface area contributed by atoms with E-state index in [1.54, 1.807) is 0 Å². The lowest BCUT2D eigenvalue weighted by Crippen LogP contribution is -1.96. The molecule has 0 radical (unpaired) electrons. The molecule has 0 nitrogen and oxygen atoms in total. The third kappa shape index (κ3) is 7.60. The average molecular weight is 242 g/mol. The van der Waals surface area contributed by atoms with Crippen LogP contribution in [0.3, 0.4) is 0 Å². The molecule has 1 unspecified atom stereocenters. The van der Waals surface area contributed by atoms with Gasteiger partial charge in [-0.05, 0) is 30.3 Å². The predicted molar refractivity (Wildman–Crippen MR) is 77.3 cm³/mol. The van der Waals surface area contributed by atoms with E-state index in [0.29, 0.717) is 0 Å². The van der Waals surface area contributed by atoms with Crippen LogP contribution in [-0.2, 0) is 0 Å². The maximum absolute atomic E-state index is 2.29. The molecule has 0 aromatic heterocycles. The SMILES string of the molecule is CCCCCCCCCCCC1CCSC1. The summed E-state index contributed by atoms with van der Waals surface area (Å²) in [6, 6.07) is 0. The molecule has 1 aliphatic rings. The molecule has 1 atom stereocenters. The van der Waals surface area contributed by atoms with Crippen LogP contribution < -0.4 is 0 Å². The smallest absolute Gasteiger partial charge is 0.00388 e. The van der Waals surface area contributed by atoms with Gasteiger partial charge in [0, 0.05) is 0 Å². The minimum atomic E-state index is 1.08. The second-order valence-electron chi connectivity index (χ2n) is 5.35. The van der Waals surface area contributed by atoms with Gasteiger partial charge < -0.3 is 0 Å². The molecule has 0 bridgehead atoms. The minimum absolute atomic E-state index is 1.08. The molecule has 1 aliphatic heterocycles. The summed E-state index contributed by atoms with van der Waals surface area (Å²) in [5.41, 5.74) is 0. The van der Waals surface area contributed by atoms with Crippen LogP contribution >= 0.6 is 11.8 Å². The van der Waals surface area contributed by atoms with Crippen molar-refractivity contribution in [3.63, 3.8) is 0 Å². The largest absolute Gasteiger partial charge is 0.162 e. The van der Waals surface area contributed by atoms with Gasteiger partial charge in [-0.25, -0.2) is 0 Å². The molecular formula is C15H30S. The first kappa shape index (κ1) is 14.4. The highest BCUT2D eigenvalue weighted by Crippen LogP contribution is 2.27. The number of unbranched alkanes of at least 4 members (excludes halogenated alkanes) is 8. The minimum Gasteiger partial charge on any atom is -0.162 e. The highest BCUT2D eigenvalue weighted by Gasteiger charge is 2.14. The van der Waals surface area contributed by atoms with Gasteiger partial charge in [-0.3, -0.25) is 0 Å². The molecular weight excluding hydrogens is 212 g/mol. The summed E-state index contributed by atoms with van der Waals surface area (Å²) in [4.78, 5) is 0. The van der Waals surface area contributed by atoms with Crippen molar-refractivity contribution in [1.29, 1.82) is 0 Å². The number of thioether (sulfide) groups is 1. The van der Waals surface area contributed by atoms with Crippen LogP contribution in [0.4, 0.5) is 0 Å². The second kappa shape index (κ2) is 10.5. The van der Waals surface area contributed by atoms with Crippen molar-refractivity contribution in [3.05, 3.63) is 0 Å². The van der Waals surface area contributed by atoms with Gasteiger partial charge in [-0.2, -0.15) is 11.8 Å². The highest BCUT2D eigenvalue weighted by molar-refractivity contribution is 7.99. The Kier molecular flexibility index (Phi) is 9.46. The molecule has 96 valence electrons. The van der Waals surface area contributed by atoms with E-state index in [1.807, 2.05) is 0 Å². The van der Waals surface area contributed by atoms with Crippen LogP contribution in [0.15, 0.2) is 0 Å². The van der Waals surface area contributed by atoms with E-state index in [0.717, 1.165) is 5.92 Å². The number of hydrogen-bond donors (Lipinski definition) is 0. The zero-order valence-electron chi connectivity index (χ0n) is 11.2. The first-order valence-corrected chi connectivity index (χ1v) is 8.66. The summed E-state index contributed by atoms with van der Waals surface area (Å²) in [5, 5.41) is 0. The van der Waals surface area contributed by atoms with E-state index in [-0.39, 0.29) is 0 Å². The lowest BCUT2D eigenvalue weighted by Gasteiger charge is -2.07. The van der Waals surface area contributed by atoms with E-state index < -0.39 is 0 Å². The number of rotatable bonds is 10. The van der Waals surface area contributed by atoms with Crippen LogP contribution in [-0.4, -0.2) is 11.5 Å². The van der Waals surface area contributed by atoms with Crippen molar-refractivity contribution >= 4 is 11.8 Å². The average Bonchev–Trinajstić information content (AvgIpc) is 2.80. The Morgan fingerprint density at radius 1 is 0.875 bits per heavy atom. The second-order valence-corrected chi connectivity index (χ2v) is 6.50. The Morgan fingerprint density at radius 3 is 2.06 bits per heavy atom. The van der Waals surface area contributed by atoms with Crippen molar-refractivity contribution in [3.8, 4) is 0 Å². The Balaban J connectivity index is 1.71. The van der Waals surface area contributed by atoms with Gasteiger partial charge in [0.25, 0.3) is 0 Å². The topological polar surface area (TPSA) is 0 Å². The van der Waals surface area contributed by atoms with Gasteiger partial charge in [0.15, 0.2) is 0 Å². The van der Waals surface area contributed by atoms with Gasteiger partial charge in [0.05, 0.1) is 0 Å². The van der Waals surface area contributed by atoms with Crippen LogP contribution in [0.25, 0.3) is 0 Å². The number of hydrogen-bond acceptors (Lipinski definition) is 1. The Morgan fingerprint density at radius 2 is 1.50 bits per heavy atom. The van der Waals surface area contributed by atoms with Crippen LogP contribution in [0.2, 0.25) is 0 Å². The molecule has 0 N–H and O–H groups in total. The van der Waals surface area contributed by atoms with Crippen LogP contribution in [0.1, 0.15) is 77.6 Å². The van der Waals surface area contributed by atoms with E-state index in [4.69, 9.17) is 0 Å². The standard InChI is InChI=1S/C15H30S/c1-2-3-4-5-6-7-8-9-10-11-15-12-13-16-14-15/h15H,2-14H2,1H3. The summed E-state index contributed by atoms with van der Waals surface area (Å²) in [7, 11) is 0. The summed E-state index contributed by atoms with van der Waals surface area (Å²) in [5.74, 6) is 3.97. The molecule has 0 saturated carbocycles. The van der Waals surface area contributed by atoms with E-state index >= 15 is 0 Å². The maximum Gasteiger partial charge on any atom is -0.00388 e. The Labute approximate surface area is 107 Å². The fourth-order valence-electron chi connectivity index (χ4n) is 2.55. The zero-order chi connectivity index (χ0) is 11.5. The highest BCUT2D eigenvalue weighted by atomic mass is 32.2. The van der Waals surface area contributed by atoms with Crippen LogP contribution in [0.5, 0.6) is 0 Å². The monoisotopic (exact) mass is 242 g/mol. The molecule has 16 heavy (non-hydrogen) atoms. The molecule has 0 spiro atoms. The first-order chi connectivity index (χ1) is 7.93. The molecule has 1 heterocycles.